The van der Waals surface area contributed by atoms with Crippen LogP contribution in [0.5, 0.6) is 0 Å². The second-order valence-corrected chi connectivity index (χ2v) is 5.11. The number of carbonyl (C=O) groups is 2. The minimum Gasteiger partial charge on any atom is -0.480 e. The Morgan fingerprint density at radius 2 is 2.20 bits per heavy atom. The second-order valence-electron chi connectivity index (χ2n) is 4.17. The van der Waals surface area contributed by atoms with Gasteiger partial charge in [0.1, 0.15) is 6.54 Å². The molecule has 110 valence electrons. The van der Waals surface area contributed by atoms with E-state index in [0.717, 1.165) is 22.0 Å². The quantitative estimate of drug-likeness (QED) is 0.543. The summed E-state index contributed by atoms with van der Waals surface area (Å²) >= 11 is 1.12. The van der Waals surface area contributed by atoms with E-state index in [0.29, 0.717) is 18.2 Å². The van der Waals surface area contributed by atoms with E-state index >= 15 is 0 Å². The smallest absolute Gasteiger partial charge is 0.325 e. The van der Waals surface area contributed by atoms with Crippen LogP contribution in [0, 0.1) is 0 Å². The lowest BCUT2D eigenvalue weighted by atomic mass is 10.3. The van der Waals surface area contributed by atoms with E-state index < -0.39 is 5.97 Å². The van der Waals surface area contributed by atoms with Gasteiger partial charge >= 0.3 is 5.97 Å². The Balaban J connectivity index is 2.58. The zero-order chi connectivity index (χ0) is 15.1. The number of hydrogen-bond acceptors (Lipinski definition) is 6. The van der Waals surface area contributed by atoms with E-state index in [2.05, 4.69) is 22.1 Å². The summed E-state index contributed by atoms with van der Waals surface area (Å²) in [5.41, 5.74) is 0.904. The predicted molar refractivity (Wildman–Crippen MR) is 73.2 cm³/mol. The van der Waals surface area contributed by atoms with Crippen LogP contribution in [0.1, 0.15) is 13.8 Å². The summed E-state index contributed by atoms with van der Waals surface area (Å²) in [7, 11) is 0. The fourth-order valence-electron chi connectivity index (χ4n) is 1.45. The van der Waals surface area contributed by atoms with Gasteiger partial charge in [-0.25, -0.2) is 4.68 Å². The summed E-state index contributed by atoms with van der Waals surface area (Å²) in [5, 5.41) is 19.7. The Morgan fingerprint density at radius 1 is 1.50 bits per heavy atom. The molecule has 0 aromatic carbocycles. The maximum Gasteiger partial charge on any atom is 0.325 e. The lowest BCUT2D eigenvalue weighted by Gasteiger charge is -2.20. The van der Waals surface area contributed by atoms with Crippen molar-refractivity contribution >= 4 is 23.6 Å². The maximum atomic E-state index is 12.0. The van der Waals surface area contributed by atoms with Crippen LogP contribution < -0.4 is 0 Å². The average Bonchev–Trinajstić information content (AvgIpc) is 2.79. The molecule has 1 amide bonds. The molecule has 1 rings (SSSR count). The third kappa shape index (κ3) is 5.00. The van der Waals surface area contributed by atoms with Gasteiger partial charge in [0, 0.05) is 13.1 Å². The largest absolute Gasteiger partial charge is 0.480 e. The maximum absolute atomic E-state index is 12.0. The normalized spacial score (nSPS) is 10.3. The molecule has 0 aliphatic carbocycles. The number of hydrogen-bond donors (Lipinski definition) is 1. The number of carboxylic acids is 1. The molecule has 1 aromatic rings. The standard InChI is InChI=1S/C11H17N5O3S/c1-4-15(5-8(2)3)9(17)7-20-11-12-13-14-16(11)6-10(18)19/h2,4-7H2,1,3H3,(H,18,19). The Hall–Kier alpha value is -1.90. The first-order valence-corrected chi connectivity index (χ1v) is 6.95. The molecule has 9 heteroatoms. The molecule has 0 atom stereocenters. The number of nitrogens with zero attached hydrogens (tertiary/aromatic N) is 5. The average molecular weight is 299 g/mol. The van der Waals surface area contributed by atoms with Gasteiger partial charge in [0.15, 0.2) is 0 Å². The zero-order valence-corrected chi connectivity index (χ0v) is 12.3. The van der Waals surface area contributed by atoms with Crippen LogP contribution in [-0.4, -0.2) is 60.9 Å². The highest BCUT2D eigenvalue weighted by atomic mass is 32.2. The molecule has 0 fully saturated rings. The number of rotatable bonds is 8. The van der Waals surface area contributed by atoms with Crippen LogP contribution in [0.15, 0.2) is 17.3 Å². The second kappa shape index (κ2) is 7.63. The van der Waals surface area contributed by atoms with Gasteiger partial charge in [-0.3, -0.25) is 9.59 Å². The van der Waals surface area contributed by atoms with E-state index in [4.69, 9.17) is 5.11 Å². The van der Waals surface area contributed by atoms with Gasteiger partial charge in [-0.05, 0) is 24.3 Å². The van der Waals surface area contributed by atoms with E-state index in [1.807, 2.05) is 13.8 Å². The highest BCUT2D eigenvalue weighted by molar-refractivity contribution is 7.99. The fourth-order valence-corrected chi connectivity index (χ4v) is 2.23. The van der Waals surface area contributed by atoms with Crippen molar-refractivity contribution in [3.05, 3.63) is 12.2 Å². The molecule has 0 saturated heterocycles. The number of aliphatic carboxylic acids is 1. The van der Waals surface area contributed by atoms with Crippen molar-refractivity contribution in [1.82, 2.24) is 25.1 Å². The van der Waals surface area contributed by atoms with Crippen LogP contribution in [0.4, 0.5) is 0 Å². The van der Waals surface area contributed by atoms with Crippen molar-refractivity contribution in [3.63, 3.8) is 0 Å². The Labute approximate surface area is 120 Å². The molecule has 0 spiro atoms. The van der Waals surface area contributed by atoms with Gasteiger partial charge < -0.3 is 10.0 Å². The first-order valence-electron chi connectivity index (χ1n) is 5.97. The summed E-state index contributed by atoms with van der Waals surface area (Å²) < 4.78 is 1.15. The molecule has 8 nitrogen and oxygen atoms in total. The highest BCUT2D eigenvalue weighted by Gasteiger charge is 2.15. The fraction of sp³-hybridized carbons (Fsp3) is 0.545. The minimum atomic E-state index is -1.04. The monoisotopic (exact) mass is 299 g/mol. The number of carbonyl (C=O) groups excluding carboxylic acids is 1. The lowest BCUT2D eigenvalue weighted by Crippen LogP contribution is -2.33. The van der Waals surface area contributed by atoms with Gasteiger partial charge in [-0.15, -0.1) is 5.10 Å². The van der Waals surface area contributed by atoms with Crippen molar-refractivity contribution < 1.29 is 14.7 Å². The van der Waals surface area contributed by atoms with Gasteiger partial charge in [0.25, 0.3) is 0 Å². The number of tetrazole rings is 1. The summed E-state index contributed by atoms with van der Waals surface area (Å²) in [6.07, 6.45) is 0. The molecule has 0 unspecified atom stereocenters. The molecule has 0 bridgehead atoms. The van der Waals surface area contributed by atoms with Crippen LogP contribution >= 0.6 is 11.8 Å². The number of likely N-dealkylation sites (N-methyl/N-ethyl adjacent to an activating group) is 1. The summed E-state index contributed by atoms with van der Waals surface area (Å²) in [6, 6.07) is 0. The Kier molecular flexibility index (Phi) is 6.16. The van der Waals surface area contributed by atoms with Gasteiger partial charge in [-0.1, -0.05) is 23.9 Å². The lowest BCUT2D eigenvalue weighted by molar-refractivity contribution is -0.138. The first-order chi connectivity index (χ1) is 9.43. The number of aromatic nitrogens is 4. The minimum absolute atomic E-state index is 0.0645. The molecule has 0 saturated carbocycles. The number of amides is 1. The molecular weight excluding hydrogens is 282 g/mol. The van der Waals surface area contributed by atoms with Gasteiger partial charge in [0.2, 0.25) is 11.1 Å². The van der Waals surface area contributed by atoms with Crippen molar-refractivity contribution in [2.45, 2.75) is 25.5 Å². The molecular formula is C11H17N5O3S. The summed E-state index contributed by atoms with van der Waals surface area (Å²) in [4.78, 5) is 24.3. The van der Waals surface area contributed by atoms with Crippen molar-refractivity contribution in [1.29, 1.82) is 0 Å². The van der Waals surface area contributed by atoms with Crippen LogP contribution in [0.3, 0.4) is 0 Å². The summed E-state index contributed by atoms with van der Waals surface area (Å²) in [6.45, 7) is 8.30. The van der Waals surface area contributed by atoms with E-state index in [1.165, 1.54) is 0 Å². The van der Waals surface area contributed by atoms with Crippen LogP contribution in [0.2, 0.25) is 0 Å². The SMILES string of the molecule is C=C(C)CN(CC)C(=O)CSc1nnnn1CC(=O)O. The molecule has 1 aromatic heterocycles. The summed E-state index contributed by atoms with van der Waals surface area (Å²) in [5.74, 6) is -0.950. The van der Waals surface area contributed by atoms with Crippen LogP contribution in [-0.2, 0) is 16.1 Å². The van der Waals surface area contributed by atoms with Crippen molar-refractivity contribution in [3.8, 4) is 0 Å². The van der Waals surface area contributed by atoms with Crippen molar-refractivity contribution in [2.24, 2.45) is 0 Å². The Morgan fingerprint density at radius 3 is 2.75 bits per heavy atom. The highest BCUT2D eigenvalue weighted by Crippen LogP contribution is 2.14. The number of carboxylic acid groups (broad SMARTS) is 1. The topological polar surface area (TPSA) is 101 Å². The molecule has 1 heterocycles. The molecule has 0 aliphatic rings. The molecule has 1 N–H and O–H groups in total. The Bertz CT molecular complexity index is 502. The number of thioether (sulfide) groups is 1. The zero-order valence-electron chi connectivity index (χ0n) is 11.4. The first kappa shape index (κ1) is 16.2. The van der Waals surface area contributed by atoms with E-state index in [-0.39, 0.29) is 18.2 Å². The third-order valence-corrected chi connectivity index (χ3v) is 3.25. The molecule has 20 heavy (non-hydrogen) atoms. The van der Waals surface area contributed by atoms with Gasteiger partial charge in [-0.2, -0.15) is 0 Å². The van der Waals surface area contributed by atoms with Crippen molar-refractivity contribution in [2.75, 3.05) is 18.8 Å². The molecule has 0 radical (unpaired) electrons. The van der Waals surface area contributed by atoms with E-state index in [9.17, 15) is 9.59 Å². The van der Waals surface area contributed by atoms with E-state index in [1.54, 1.807) is 4.90 Å². The van der Waals surface area contributed by atoms with Crippen LogP contribution in [0.25, 0.3) is 0 Å². The van der Waals surface area contributed by atoms with Gasteiger partial charge in [0.05, 0.1) is 5.75 Å². The third-order valence-electron chi connectivity index (χ3n) is 2.30. The predicted octanol–water partition coefficient (Wildman–Crippen LogP) is 0.274. The molecule has 0 aliphatic heterocycles.